The molecule has 202 valence electrons. The molecule has 0 aliphatic carbocycles. The average Bonchev–Trinajstić information content (AvgIpc) is 3.59. The predicted molar refractivity (Wildman–Crippen MR) is 139 cm³/mol. The van der Waals surface area contributed by atoms with Gasteiger partial charge in [0, 0.05) is 36.2 Å². The Hall–Kier alpha value is -2.63. The van der Waals surface area contributed by atoms with E-state index >= 15 is 0 Å². The maximum absolute atomic E-state index is 13.5. The number of amides is 1. The summed E-state index contributed by atoms with van der Waals surface area (Å²) in [4.78, 5) is 22.8. The van der Waals surface area contributed by atoms with Gasteiger partial charge >= 0.3 is 6.18 Å². The maximum atomic E-state index is 13.5. The minimum atomic E-state index is -4.68. The number of benzene rings is 1. The van der Waals surface area contributed by atoms with Gasteiger partial charge < -0.3 is 15.1 Å². The van der Waals surface area contributed by atoms with Crippen molar-refractivity contribution in [1.82, 2.24) is 30.0 Å². The van der Waals surface area contributed by atoms with E-state index < -0.39 is 11.9 Å². The van der Waals surface area contributed by atoms with Crippen molar-refractivity contribution in [3.63, 3.8) is 0 Å². The van der Waals surface area contributed by atoms with Gasteiger partial charge in [0.15, 0.2) is 11.3 Å². The van der Waals surface area contributed by atoms with Crippen LogP contribution in [-0.2, 0) is 17.5 Å². The smallest absolute Gasteiger partial charge is 0.352 e. The molecule has 4 heterocycles. The fraction of sp³-hybridized carbons (Fsp3) is 0.500. The van der Waals surface area contributed by atoms with Crippen molar-refractivity contribution in [3.05, 3.63) is 45.7 Å². The molecule has 2 fully saturated rings. The first-order valence-corrected chi connectivity index (χ1v) is 12.9. The topological polar surface area (TPSA) is 79.2 Å². The van der Waals surface area contributed by atoms with Crippen LogP contribution in [0.4, 0.5) is 19.0 Å². The third-order valence-corrected chi connectivity index (χ3v) is 6.37. The highest BCUT2D eigenvalue weighted by Crippen LogP contribution is 2.34. The lowest BCUT2D eigenvalue weighted by molar-refractivity contribution is -0.140. The molecule has 0 bridgehead atoms. The van der Waals surface area contributed by atoms with E-state index in [1.165, 1.54) is 38.2 Å². The van der Waals surface area contributed by atoms with Crippen LogP contribution in [0.1, 0.15) is 37.9 Å². The Bertz CT molecular complexity index is 1170. The van der Waals surface area contributed by atoms with Crippen molar-refractivity contribution in [1.29, 1.82) is 0 Å². The summed E-state index contributed by atoms with van der Waals surface area (Å²) < 4.78 is 41.7. The Balaban J connectivity index is 0.000000478. The quantitative estimate of drug-likeness (QED) is 0.459. The highest BCUT2D eigenvalue weighted by atomic mass is 35.5. The van der Waals surface area contributed by atoms with Crippen LogP contribution in [0.3, 0.4) is 0 Å². The van der Waals surface area contributed by atoms with Crippen LogP contribution in [0.25, 0.3) is 11.2 Å². The van der Waals surface area contributed by atoms with Gasteiger partial charge in [0.1, 0.15) is 11.3 Å². The second-order valence-corrected chi connectivity index (χ2v) is 9.07. The highest BCUT2D eigenvalue weighted by Gasteiger charge is 2.38. The number of hydrogen-bond donors (Lipinski definition) is 1. The van der Waals surface area contributed by atoms with Crippen molar-refractivity contribution in [2.45, 2.75) is 39.4 Å². The number of anilines is 1. The number of rotatable bonds is 4. The van der Waals surface area contributed by atoms with Crippen LogP contribution in [0.15, 0.2) is 24.4 Å². The number of piperazine rings is 1. The summed E-state index contributed by atoms with van der Waals surface area (Å²) in [5.74, 6) is 0.421. The number of halogens is 5. The molecule has 2 aromatic heterocycles. The number of nitrogens with zero attached hydrogens (tertiary/aromatic N) is 6. The first-order valence-electron chi connectivity index (χ1n) is 12.2. The SMILES string of the molecule is C1CCNC1.CC.O=CN1CCN(c2cnc3c(C(F)(F)F)nn(Cc4ccc(Cl)cc4Cl)c3n2)CC1. The molecule has 0 saturated carbocycles. The van der Waals surface area contributed by atoms with E-state index in [1.807, 2.05) is 18.7 Å². The summed E-state index contributed by atoms with van der Waals surface area (Å²) >= 11 is 12.1. The van der Waals surface area contributed by atoms with Gasteiger partial charge in [-0.15, -0.1) is 0 Å². The Morgan fingerprint density at radius 3 is 2.30 bits per heavy atom. The van der Waals surface area contributed by atoms with Crippen molar-refractivity contribution < 1.29 is 18.0 Å². The highest BCUT2D eigenvalue weighted by molar-refractivity contribution is 6.35. The summed E-state index contributed by atoms with van der Waals surface area (Å²) in [5, 5.41) is 7.69. The van der Waals surface area contributed by atoms with Gasteiger partial charge in [-0.1, -0.05) is 43.1 Å². The summed E-state index contributed by atoms with van der Waals surface area (Å²) in [6.45, 7) is 8.47. The van der Waals surface area contributed by atoms with Gasteiger partial charge in [-0.25, -0.2) is 14.6 Å². The number of fused-ring (bicyclic) bond motifs is 1. The fourth-order valence-corrected chi connectivity index (χ4v) is 4.35. The molecule has 13 heteroatoms. The van der Waals surface area contributed by atoms with Crippen molar-refractivity contribution >= 4 is 46.6 Å². The minimum Gasteiger partial charge on any atom is -0.352 e. The molecule has 8 nitrogen and oxygen atoms in total. The lowest BCUT2D eigenvalue weighted by Crippen LogP contribution is -2.46. The molecule has 5 rings (SSSR count). The summed E-state index contributed by atoms with van der Waals surface area (Å²) in [5.41, 5.74) is -0.884. The molecule has 0 unspecified atom stereocenters. The van der Waals surface area contributed by atoms with E-state index in [4.69, 9.17) is 23.2 Å². The predicted octanol–water partition coefficient (Wildman–Crippen LogP) is 4.87. The Labute approximate surface area is 223 Å². The van der Waals surface area contributed by atoms with E-state index in [2.05, 4.69) is 20.4 Å². The Morgan fingerprint density at radius 2 is 1.76 bits per heavy atom. The largest absolute Gasteiger partial charge is 0.437 e. The molecule has 1 N–H and O–H groups in total. The van der Waals surface area contributed by atoms with E-state index in [-0.39, 0.29) is 17.7 Å². The fourth-order valence-electron chi connectivity index (χ4n) is 3.88. The lowest BCUT2D eigenvalue weighted by Gasteiger charge is -2.33. The monoisotopic (exact) mass is 559 g/mol. The third-order valence-electron chi connectivity index (χ3n) is 5.78. The summed E-state index contributed by atoms with van der Waals surface area (Å²) in [6.07, 6.45) is 0.168. The average molecular weight is 560 g/mol. The molecule has 2 saturated heterocycles. The molecule has 0 spiro atoms. The molecule has 2 aliphatic rings. The third kappa shape index (κ3) is 7.45. The van der Waals surface area contributed by atoms with Gasteiger partial charge in [-0.2, -0.15) is 18.3 Å². The maximum Gasteiger partial charge on any atom is 0.437 e. The standard InChI is InChI=1S/C18H15Cl2F3N6O.C4H9N.C2H6/c19-12-2-1-11(13(20)7-12)9-29-17-15(16(26-29)18(21,22)23)24-8-14(25-17)28-5-3-27(10-30)4-6-28;1-2-4-5-3-1;1-2/h1-2,7-8,10H,3-6,9H2;5H,1-4H2;1-2H3. The van der Waals surface area contributed by atoms with E-state index in [1.54, 1.807) is 17.0 Å². The van der Waals surface area contributed by atoms with Crippen LogP contribution in [-0.4, -0.2) is 70.3 Å². The van der Waals surface area contributed by atoms with Gasteiger partial charge in [-0.05, 0) is 43.6 Å². The zero-order chi connectivity index (χ0) is 27.0. The molecule has 1 amide bonds. The normalized spacial score (nSPS) is 15.6. The minimum absolute atomic E-state index is 0.00339. The molecule has 2 aliphatic heterocycles. The summed E-state index contributed by atoms with van der Waals surface area (Å²) in [6, 6.07) is 4.74. The molecular weight excluding hydrogens is 530 g/mol. The zero-order valence-electron chi connectivity index (χ0n) is 20.7. The number of alkyl halides is 3. The number of carbonyl (C=O) groups is 1. The Morgan fingerprint density at radius 1 is 1.08 bits per heavy atom. The van der Waals surface area contributed by atoms with Gasteiger partial charge in [0.05, 0.1) is 12.7 Å². The van der Waals surface area contributed by atoms with E-state index in [9.17, 15) is 18.0 Å². The van der Waals surface area contributed by atoms with Crippen LogP contribution in [0, 0.1) is 0 Å². The first-order chi connectivity index (χ1) is 17.8. The second-order valence-electron chi connectivity index (χ2n) is 8.23. The number of aromatic nitrogens is 4. The molecular formula is C24H30Cl2F3N7O. The van der Waals surface area contributed by atoms with Gasteiger partial charge in [0.25, 0.3) is 0 Å². The van der Waals surface area contributed by atoms with Crippen molar-refractivity contribution in [2.75, 3.05) is 44.2 Å². The van der Waals surface area contributed by atoms with Gasteiger partial charge in [0.2, 0.25) is 6.41 Å². The lowest BCUT2D eigenvalue weighted by atomic mass is 10.2. The van der Waals surface area contributed by atoms with E-state index in [0.717, 1.165) is 11.1 Å². The summed E-state index contributed by atoms with van der Waals surface area (Å²) in [7, 11) is 0. The molecule has 3 aromatic rings. The Kier molecular flexibility index (Phi) is 10.4. The first kappa shape index (κ1) is 28.9. The zero-order valence-corrected chi connectivity index (χ0v) is 22.2. The second kappa shape index (κ2) is 13.3. The van der Waals surface area contributed by atoms with Crippen LogP contribution in [0.2, 0.25) is 10.0 Å². The van der Waals surface area contributed by atoms with Crippen LogP contribution >= 0.6 is 23.2 Å². The van der Waals surface area contributed by atoms with Crippen molar-refractivity contribution in [3.8, 4) is 0 Å². The van der Waals surface area contributed by atoms with Gasteiger partial charge in [-0.3, -0.25) is 4.79 Å². The molecule has 37 heavy (non-hydrogen) atoms. The van der Waals surface area contributed by atoms with Crippen LogP contribution < -0.4 is 10.2 Å². The molecule has 1 aromatic carbocycles. The number of carbonyl (C=O) groups excluding carboxylic acids is 1. The molecule has 0 radical (unpaired) electrons. The van der Waals surface area contributed by atoms with Crippen molar-refractivity contribution in [2.24, 2.45) is 0 Å². The number of hydrogen-bond acceptors (Lipinski definition) is 6. The van der Waals surface area contributed by atoms with Crippen LogP contribution in [0.5, 0.6) is 0 Å². The number of nitrogens with one attached hydrogen (secondary N) is 1. The van der Waals surface area contributed by atoms with E-state index in [0.29, 0.717) is 47.6 Å². The molecule has 0 atom stereocenters.